The summed E-state index contributed by atoms with van der Waals surface area (Å²) in [6.07, 6.45) is 1.08. The van der Waals surface area contributed by atoms with Crippen LogP contribution in [0.5, 0.6) is 0 Å². The second kappa shape index (κ2) is 13.1. The van der Waals surface area contributed by atoms with Gasteiger partial charge in [-0.05, 0) is 32.8 Å². The molecule has 0 atom stereocenters. The molecule has 3 aromatic carbocycles. The molecule has 4 heteroatoms. The molecule has 0 saturated heterocycles. The van der Waals surface area contributed by atoms with Crippen LogP contribution in [-0.4, -0.2) is 5.11 Å². The second-order valence-corrected chi connectivity index (χ2v) is 6.79. The van der Waals surface area contributed by atoms with Crippen LogP contribution in [0, 0.1) is 6.07 Å². The number of benzene rings is 3. The van der Waals surface area contributed by atoms with Crippen molar-refractivity contribution in [1.29, 1.82) is 0 Å². The minimum absolute atomic E-state index is 0. The van der Waals surface area contributed by atoms with Crippen molar-refractivity contribution < 1.29 is 51.6 Å². The van der Waals surface area contributed by atoms with Gasteiger partial charge in [-0.1, -0.05) is 76.2 Å². The number of hydrogen-bond donors (Lipinski definition) is 1. The molecule has 0 aromatic heterocycles. The molecule has 0 bridgehead atoms. The van der Waals surface area contributed by atoms with Crippen LogP contribution in [0.15, 0.2) is 83.4 Å². The number of aliphatic hydroxyl groups is 1. The van der Waals surface area contributed by atoms with Crippen molar-refractivity contribution in [1.82, 2.24) is 0 Å². The molecule has 1 N–H and O–H groups in total. The Bertz CT molecular complexity index is 978. The molecule has 0 saturated carbocycles. The average molecular weight is 460 g/mol. The SMILES string of the molecule is CC1=C(C)C(C)=C(c2[c-]c3ccccc3cc2)C1.OCc1ccccc1.[Cl-].[Cl-].[Ti+3]. The van der Waals surface area contributed by atoms with Crippen molar-refractivity contribution in [2.45, 2.75) is 33.8 Å². The first-order chi connectivity index (χ1) is 12.6. The molecule has 0 heterocycles. The van der Waals surface area contributed by atoms with E-state index in [1.54, 1.807) is 0 Å². The molecule has 4 rings (SSSR count). The summed E-state index contributed by atoms with van der Waals surface area (Å²) in [5, 5.41) is 11.0. The van der Waals surface area contributed by atoms with E-state index in [2.05, 4.69) is 63.2 Å². The Morgan fingerprint density at radius 2 is 1.41 bits per heavy atom. The van der Waals surface area contributed by atoms with Crippen molar-refractivity contribution in [2.75, 3.05) is 0 Å². The van der Waals surface area contributed by atoms with Crippen LogP contribution < -0.4 is 24.8 Å². The van der Waals surface area contributed by atoms with E-state index < -0.39 is 0 Å². The molecule has 0 aliphatic heterocycles. The molecule has 1 aliphatic rings. The van der Waals surface area contributed by atoms with Crippen LogP contribution in [0.3, 0.4) is 0 Å². The molecule has 29 heavy (non-hydrogen) atoms. The predicted octanol–water partition coefficient (Wildman–Crippen LogP) is 0.338. The molecule has 1 aliphatic carbocycles. The normalized spacial score (nSPS) is 12.4. The van der Waals surface area contributed by atoms with Crippen LogP contribution in [0.25, 0.3) is 16.3 Å². The summed E-state index contributed by atoms with van der Waals surface area (Å²) in [4.78, 5) is 0. The van der Waals surface area contributed by atoms with Crippen molar-refractivity contribution in [3.8, 4) is 0 Å². The number of aliphatic hydroxyl groups excluding tert-OH is 1. The van der Waals surface area contributed by atoms with Crippen LogP contribution in [0.2, 0.25) is 0 Å². The first kappa shape index (κ1) is 27.7. The quantitative estimate of drug-likeness (QED) is 0.432. The summed E-state index contributed by atoms with van der Waals surface area (Å²) in [5.74, 6) is 0. The monoisotopic (exact) mass is 459 g/mol. The van der Waals surface area contributed by atoms with Gasteiger partial charge in [0.25, 0.3) is 0 Å². The molecule has 0 amide bonds. The number of allylic oxidation sites excluding steroid dienone is 4. The Labute approximate surface area is 201 Å². The summed E-state index contributed by atoms with van der Waals surface area (Å²) in [6.45, 7) is 6.82. The molecule has 0 unspecified atom stereocenters. The second-order valence-electron chi connectivity index (χ2n) is 6.79. The summed E-state index contributed by atoms with van der Waals surface area (Å²) >= 11 is 0. The Balaban J connectivity index is 0.000000616. The van der Waals surface area contributed by atoms with E-state index in [0.29, 0.717) is 0 Å². The Kier molecular flexibility index (Phi) is 12.5. The molecule has 1 nitrogen and oxygen atoms in total. The molecular formula is C25H25Cl2OTi. The van der Waals surface area contributed by atoms with E-state index in [4.69, 9.17) is 5.11 Å². The molecular weight excluding hydrogens is 435 g/mol. The van der Waals surface area contributed by atoms with E-state index in [1.165, 1.54) is 38.6 Å². The van der Waals surface area contributed by atoms with Gasteiger partial charge >= 0.3 is 21.7 Å². The first-order valence-corrected chi connectivity index (χ1v) is 9.03. The van der Waals surface area contributed by atoms with E-state index in [-0.39, 0.29) is 53.1 Å². The fraction of sp³-hybridized carbons (Fsp3) is 0.200. The maximum atomic E-state index is 8.54. The summed E-state index contributed by atoms with van der Waals surface area (Å²) in [5.41, 5.74) is 8.03. The molecule has 3 aromatic rings. The fourth-order valence-electron chi connectivity index (χ4n) is 3.25. The fourth-order valence-corrected chi connectivity index (χ4v) is 3.25. The van der Waals surface area contributed by atoms with Gasteiger partial charge in [0.1, 0.15) is 0 Å². The van der Waals surface area contributed by atoms with Crippen LogP contribution in [-0.2, 0) is 28.3 Å². The van der Waals surface area contributed by atoms with Crippen LogP contribution in [0.4, 0.5) is 0 Å². The molecule has 149 valence electrons. The Morgan fingerprint density at radius 1 is 0.793 bits per heavy atom. The van der Waals surface area contributed by atoms with E-state index >= 15 is 0 Å². The Hall–Kier alpha value is -1.35. The number of fused-ring (bicyclic) bond motifs is 1. The van der Waals surface area contributed by atoms with Crippen LogP contribution >= 0.6 is 0 Å². The van der Waals surface area contributed by atoms with Gasteiger partial charge in [-0.15, -0.1) is 35.2 Å². The zero-order valence-electron chi connectivity index (χ0n) is 17.0. The Morgan fingerprint density at radius 3 is 1.97 bits per heavy atom. The molecule has 0 fully saturated rings. The van der Waals surface area contributed by atoms with Gasteiger partial charge in [-0.3, -0.25) is 0 Å². The molecule has 1 radical (unpaired) electrons. The number of hydrogen-bond acceptors (Lipinski definition) is 1. The van der Waals surface area contributed by atoms with E-state index in [0.717, 1.165) is 12.0 Å². The molecule has 0 spiro atoms. The zero-order valence-corrected chi connectivity index (χ0v) is 20.0. The first-order valence-electron chi connectivity index (χ1n) is 9.03. The van der Waals surface area contributed by atoms with Gasteiger partial charge in [-0.2, -0.15) is 0 Å². The summed E-state index contributed by atoms with van der Waals surface area (Å²) in [7, 11) is 0. The summed E-state index contributed by atoms with van der Waals surface area (Å²) in [6, 6.07) is 25.9. The van der Waals surface area contributed by atoms with Crippen molar-refractivity contribution in [3.05, 3.63) is 101 Å². The third-order valence-electron chi connectivity index (χ3n) is 5.11. The zero-order chi connectivity index (χ0) is 18.5. The number of rotatable bonds is 2. The summed E-state index contributed by atoms with van der Waals surface area (Å²) < 4.78 is 0. The minimum atomic E-state index is 0. The maximum Gasteiger partial charge on any atom is 3.00 e. The van der Waals surface area contributed by atoms with Crippen molar-refractivity contribution >= 4 is 16.3 Å². The van der Waals surface area contributed by atoms with E-state index in [1.807, 2.05) is 30.3 Å². The van der Waals surface area contributed by atoms with Crippen molar-refractivity contribution in [3.63, 3.8) is 0 Å². The van der Waals surface area contributed by atoms with Crippen LogP contribution in [0.1, 0.15) is 38.3 Å². The van der Waals surface area contributed by atoms with Gasteiger partial charge in [0.15, 0.2) is 0 Å². The van der Waals surface area contributed by atoms with Gasteiger partial charge in [0.05, 0.1) is 6.61 Å². The van der Waals surface area contributed by atoms with Gasteiger partial charge < -0.3 is 29.9 Å². The third kappa shape index (κ3) is 6.84. The predicted molar refractivity (Wildman–Crippen MR) is 111 cm³/mol. The van der Waals surface area contributed by atoms with Gasteiger partial charge in [-0.25, -0.2) is 0 Å². The average Bonchev–Trinajstić information content (AvgIpc) is 2.96. The topological polar surface area (TPSA) is 20.2 Å². The largest absolute Gasteiger partial charge is 3.00 e. The smallest absolute Gasteiger partial charge is 1.00 e. The third-order valence-corrected chi connectivity index (χ3v) is 5.11. The number of halogens is 2. The van der Waals surface area contributed by atoms with E-state index in [9.17, 15) is 0 Å². The standard InChI is InChI=1S/C18H17.C7H8O.2ClH.Ti/c1-12-10-18(14(3)13(12)2)17-9-8-15-6-4-5-7-16(15)11-17;8-6-7-4-2-1-3-5-7;;;/h4-9H,10H2,1-3H3;1-5,8H,6H2;2*1H;/q-1;;;;+3/p-2. The van der Waals surface area contributed by atoms with Gasteiger partial charge in [0, 0.05) is 0 Å². The minimum Gasteiger partial charge on any atom is -1.00 e. The van der Waals surface area contributed by atoms with Crippen molar-refractivity contribution in [2.24, 2.45) is 0 Å². The maximum absolute atomic E-state index is 8.54. The van der Waals surface area contributed by atoms with Gasteiger partial charge in [0.2, 0.25) is 0 Å².